The van der Waals surface area contributed by atoms with E-state index in [1.807, 2.05) is 6.20 Å². The first-order valence-corrected chi connectivity index (χ1v) is 25.8. The molecule has 0 unspecified atom stereocenters. The SMILES string of the molecule is CC(C)(C)c1cc(-c2ccccc2)cc(N2CN(c3cccc(Oc4ccc5c6cc(C(C)(C)c7ccccc7)ccc6n(-c6cc(C(C)(C)c7ccccc7)ccn6)c5c4)c3)c3cc(C(C)(C)C)ccc32)c1. The summed E-state index contributed by atoms with van der Waals surface area (Å²) in [5.74, 6) is 2.39. The van der Waals surface area contributed by atoms with Gasteiger partial charge in [-0.3, -0.25) is 4.57 Å². The number of benzene rings is 8. The van der Waals surface area contributed by atoms with Gasteiger partial charge in [0.25, 0.3) is 0 Å². The second-order valence-electron chi connectivity index (χ2n) is 23.1. The van der Waals surface area contributed by atoms with Crippen LogP contribution >= 0.6 is 0 Å². The zero-order valence-electron chi connectivity index (χ0n) is 44.0. The van der Waals surface area contributed by atoms with Crippen LogP contribution in [-0.2, 0) is 21.7 Å². The molecule has 0 aliphatic carbocycles. The lowest BCUT2D eigenvalue weighted by atomic mass is 9.78. The van der Waals surface area contributed by atoms with Gasteiger partial charge in [0, 0.05) is 51.3 Å². The van der Waals surface area contributed by atoms with Crippen LogP contribution in [0.2, 0.25) is 0 Å². The second-order valence-corrected chi connectivity index (χ2v) is 23.1. The lowest BCUT2D eigenvalue weighted by Crippen LogP contribution is -2.24. The van der Waals surface area contributed by atoms with Crippen molar-refractivity contribution in [1.82, 2.24) is 9.55 Å². The molecular weight excluding hydrogens is 889 g/mol. The zero-order chi connectivity index (χ0) is 50.9. The van der Waals surface area contributed by atoms with Gasteiger partial charge in [0.15, 0.2) is 0 Å². The van der Waals surface area contributed by atoms with E-state index >= 15 is 0 Å². The van der Waals surface area contributed by atoms with Gasteiger partial charge < -0.3 is 14.5 Å². The largest absolute Gasteiger partial charge is 0.457 e. The number of aromatic nitrogens is 2. The molecule has 0 N–H and O–H groups in total. The Morgan fingerprint density at radius 3 is 1.67 bits per heavy atom. The van der Waals surface area contributed by atoms with Crippen LogP contribution < -0.4 is 14.5 Å². The number of pyridine rings is 1. The van der Waals surface area contributed by atoms with Crippen LogP contribution in [0, 0.1) is 0 Å². The summed E-state index contributed by atoms with van der Waals surface area (Å²) in [6.45, 7) is 23.6. The first kappa shape index (κ1) is 47.4. The van der Waals surface area contributed by atoms with E-state index in [0.717, 1.165) is 39.4 Å². The van der Waals surface area contributed by atoms with Crippen LogP contribution in [0.4, 0.5) is 22.7 Å². The van der Waals surface area contributed by atoms with Gasteiger partial charge in [-0.05, 0) is 128 Å². The average Bonchev–Trinajstić information content (AvgIpc) is 3.94. The van der Waals surface area contributed by atoms with E-state index in [-0.39, 0.29) is 21.7 Å². The summed E-state index contributed by atoms with van der Waals surface area (Å²) in [6, 6.07) is 72.9. The highest BCUT2D eigenvalue weighted by atomic mass is 16.5. The number of anilines is 4. The molecule has 0 bridgehead atoms. The van der Waals surface area contributed by atoms with Gasteiger partial charge in [0.1, 0.15) is 24.0 Å². The lowest BCUT2D eigenvalue weighted by molar-refractivity contribution is 0.483. The summed E-state index contributed by atoms with van der Waals surface area (Å²) in [4.78, 5) is 10.0. The van der Waals surface area contributed by atoms with Crippen LogP contribution in [0.1, 0.15) is 103 Å². The molecule has 5 heteroatoms. The van der Waals surface area contributed by atoms with Crippen molar-refractivity contribution < 1.29 is 4.74 Å². The van der Waals surface area contributed by atoms with Crippen LogP contribution in [0.5, 0.6) is 11.5 Å². The number of rotatable bonds is 10. The molecule has 2 aromatic heterocycles. The fourth-order valence-electron chi connectivity index (χ4n) is 10.7. The quantitative estimate of drug-likeness (QED) is 0.137. The van der Waals surface area contributed by atoms with Crippen molar-refractivity contribution in [3.05, 3.63) is 240 Å². The highest BCUT2D eigenvalue weighted by molar-refractivity contribution is 6.10. The Bertz CT molecular complexity index is 3650. The van der Waals surface area contributed by atoms with E-state index < -0.39 is 0 Å². The lowest BCUT2D eigenvalue weighted by Gasteiger charge is -2.27. The van der Waals surface area contributed by atoms with Gasteiger partial charge in [-0.25, -0.2) is 4.98 Å². The Morgan fingerprint density at radius 1 is 0.384 bits per heavy atom. The maximum absolute atomic E-state index is 6.97. The maximum atomic E-state index is 6.97. The number of hydrogen-bond donors (Lipinski definition) is 0. The predicted octanol–water partition coefficient (Wildman–Crippen LogP) is 18.1. The van der Waals surface area contributed by atoms with Crippen molar-refractivity contribution in [2.45, 2.75) is 90.9 Å². The summed E-state index contributed by atoms with van der Waals surface area (Å²) in [6.07, 6.45) is 1.96. The fraction of sp³-hybridized carbons (Fsp3) is 0.221. The number of nitrogens with zero attached hydrogens (tertiary/aromatic N) is 4. The number of hydrogen-bond acceptors (Lipinski definition) is 4. The number of ether oxygens (including phenoxy) is 1. The standard InChI is InChI=1S/C68H66N4O/c1-65(2,3)50-29-34-61-63(41-50)70(45-71(61)55-38-47(46-21-14-11-15-22-46)37-53(39-55)66(4,5)6)54-27-20-28-56(43-54)73-57-31-32-58-59-40-51(67(7,8)48-23-16-12-17-24-48)30-33-60(59)72(62(58)44-57)64-42-52(35-36-69-64)68(9,10)49-25-18-13-19-26-49/h11-44H,45H2,1-10H3. The first-order chi connectivity index (χ1) is 34.9. The van der Waals surface area contributed by atoms with Crippen molar-refractivity contribution in [2.75, 3.05) is 16.5 Å². The molecule has 3 heterocycles. The van der Waals surface area contributed by atoms with Crippen molar-refractivity contribution in [3.63, 3.8) is 0 Å². The minimum Gasteiger partial charge on any atom is -0.457 e. The molecule has 10 aromatic rings. The van der Waals surface area contributed by atoms with Gasteiger partial charge in [-0.2, -0.15) is 0 Å². The number of fused-ring (bicyclic) bond motifs is 4. The monoisotopic (exact) mass is 955 g/mol. The van der Waals surface area contributed by atoms with E-state index in [0.29, 0.717) is 6.67 Å². The van der Waals surface area contributed by atoms with Crippen LogP contribution in [0.3, 0.4) is 0 Å². The van der Waals surface area contributed by atoms with Crippen molar-refractivity contribution in [3.8, 4) is 28.4 Å². The molecule has 364 valence electrons. The van der Waals surface area contributed by atoms with Crippen LogP contribution in [0.15, 0.2) is 206 Å². The zero-order valence-corrected chi connectivity index (χ0v) is 44.0. The first-order valence-electron chi connectivity index (χ1n) is 25.8. The molecule has 73 heavy (non-hydrogen) atoms. The molecule has 0 fully saturated rings. The smallest absolute Gasteiger partial charge is 0.137 e. The maximum Gasteiger partial charge on any atom is 0.137 e. The fourth-order valence-corrected chi connectivity index (χ4v) is 10.7. The minimum atomic E-state index is -0.243. The summed E-state index contributed by atoms with van der Waals surface area (Å²) < 4.78 is 9.28. The average molecular weight is 955 g/mol. The Labute approximate surface area is 432 Å². The van der Waals surface area contributed by atoms with Crippen molar-refractivity contribution >= 4 is 44.6 Å². The van der Waals surface area contributed by atoms with E-state index in [1.54, 1.807) is 0 Å². The molecule has 0 amide bonds. The highest BCUT2D eigenvalue weighted by Gasteiger charge is 2.32. The van der Waals surface area contributed by atoms with E-state index in [9.17, 15) is 0 Å². The second kappa shape index (κ2) is 18.0. The Hall–Kier alpha value is -7.89. The minimum absolute atomic E-state index is 0.0264. The van der Waals surface area contributed by atoms with Crippen LogP contribution in [0.25, 0.3) is 38.8 Å². The van der Waals surface area contributed by atoms with Gasteiger partial charge in [-0.1, -0.05) is 184 Å². The summed E-state index contributed by atoms with van der Waals surface area (Å²) in [5, 5.41) is 2.32. The summed E-state index contributed by atoms with van der Waals surface area (Å²) in [5.41, 5.74) is 16.2. The molecule has 0 radical (unpaired) electrons. The molecule has 1 aliphatic rings. The van der Waals surface area contributed by atoms with Crippen LogP contribution in [-0.4, -0.2) is 16.2 Å². The van der Waals surface area contributed by atoms with Crippen molar-refractivity contribution in [2.24, 2.45) is 0 Å². The van der Waals surface area contributed by atoms with Gasteiger partial charge in [-0.15, -0.1) is 0 Å². The molecule has 1 aliphatic heterocycles. The van der Waals surface area contributed by atoms with Gasteiger partial charge in [0.2, 0.25) is 0 Å². The topological polar surface area (TPSA) is 33.5 Å². The normalized spacial score (nSPS) is 13.2. The van der Waals surface area contributed by atoms with E-state index in [2.05, 4.69) is 284 Å². The van der Waals surface area contributed by atoms with E-state index in [1.165, 1.54) is 67.0 Å². The third-order valence-electron chi connectivity index (χ3n) is 15.4. The summed E-state index contributed by atoms with van der Waals surface area (Å²) in [7, 11) is 0. The third kappa shape index (κ3) is 8.86. The molecule has 11 rings (SSSR count). The predicted molar refractivity (Wildman–Crippen MR) is 307 cm³/mol. The summed E-state index contributed by atoms with van der Waals surface area (Å²) >= 11 is 0. The molecule has 0 atom stereocenters. The van der Waals surface area contributed by atoms with E-state index in [4.69, 9.17) is 9.72 Å². The molecule has 0 spiro atoms. The molecule has 0 saturated heterocycles. The van der Waals surface area contributed by atoms with Gasteiger partial charge >= 0.3 is 0 Å². The molecule has 5 nitrogen and oxygen atoms in total. The molecular formula is C68H66N4O. The highest BCUT2D eigenvalue weighted by Crippen LogP contribution is 2.48. The molecule has 8 aromatic carbocycles. The van der Waals surface area contributed by atoms with Gasteiger partial charge in [0.05, 0.1) is 22.4 Å². The molecule has 0 saturated carbocycles. The van der Waals surface area contributed by atoms with Crippen molar-refractivity contribution in [1.29, 1.82) is 0 Å². The Kier molecular flexibility index (Phi) is 11.7. The Morgan fingerprint density at radius 2 is 1.00 bits per heavy atom. The third-order valence-corrected chi connectivity index (χ3v) is 15.4. The Balaban J connectivity index is 0.999.